The second-order valence-electron chi connectivity index (χ2n) is 5.53. The molecule has 0 aliphatic rings. The summed E-state index contributed by atoms with van der Waals surface area (Å²) in [5.41, 5.74) is 9.03. The number of anilines is 1. The topological polar surface area (TPSA) is 49.5 Å². The Morgan fingerprint density at radius 3 is 2.38 bits per heavy atom. The predicted octanol–water partition coefficient (Wildman–Crippen LogP) is 2.67. The van der Waals surface area contributed by atoms with E-state index in [0.717, 1.165) is 17.8 Å². The molecule has 0 fully saturated rings. The van der Waals surface area contributed by atoms with Gasteiger partial charge in [-0.1, -0.05) is 42.5 Å². The lowest BCUT2D eigenvalue weighted by Gasteiger charge is -2.35. The molecule has 0 spiro atoms. The van der Waals surface area contributed by atoms with Crippen LogP contribution in [0.15, 0.2) is 54.6 Å². The molecule has 0 saturated carbocycles. The molecule has 1 atom stereocenters. The smallest absolute Gasteiger partial charge is 0.0821 e. The Hall–Kier alpha value is -1.84. The molecule has 2 aromatic rings. The van der Waals surface area contributed by atoms with Gasteiger partial charge in [0.2, 0.25) is 0 Å². The SMILES string of the molecule is CCN(CC(N)(CO)c1ccccc1)c1cccc(C)c1. The molecule has 0 amide bonds. The van der Waals surface area contributed by atoms with Crippen molar-refractivity contribution < 1.29 is 5.11 Å². The Kier molecular flexibility index (Phi) is 4.99. The number of likely N-dealkylation sites (N-methyl/N-ethyl adjacent to an activating group) is 1. The summed E-state index contributed by atoms with van der Waals surface area (Å²) in [6, 6.07) is 18.2. The maximum atomic E-state index is 9.83. The number of aliphatic hydroxyl groups excluding tert-OH is 1. The van der Waals surface area contributed by atoms with E-state index >= 15 is 0 Å². The summed E-state index contributed by atoms with van der Waals surface area (Å²) in [5.74, 6) is 0. The largest absolute Gasteiger partial charge is 0.394 e. The van der Waals surface area contributed by atoms with E-state index in [0.29, 0.717) is 6.54 Å². The molecule has 0 heterocycles. The van der Waals surface area contributed by atoms with Gasteiger partial charge in [0.1, 0.15) is 0 Å². The highest BCUT2D eigenvalue weighted by molar-refractivity contribution is 5.49. The molecule has 0 bridgehead atoms. The van der Waals surface area contributed by atoms with Gasteiger partial charge >= 0.3 is 0 Å². The number of aryl methyl sites for hydroxylation is 1. The molecule has 21 heavy (non-hydrogen) atoms. The second kappa shape index (κ2) is 6.74. The summed E-state index contributed by atoms with van der Waals surface area (Å²) in [6.07, 6.45) is 0. The second-order valence-corrected chi connectivity index (χ2v) is 5.53. The van der Waals surface area contributed by atoms with Gasteiger partial charge in [-0.3, -0.25) is 0 Å². The summed E-state index contributed by atoms with van der Waals surface area (Å²) in [6.45, 7) is 5.52. The summed E-state index contributed by atoms with van der Waals surface area (Å²) in [7, 11) is 0. The lowest BCUT2D eigenvalue weighted by atomic mass is 9.91. The fraction of sp³-hybridized carbons (Fsp3) is 0.333. The molecule has 1 unspecified atom stereocenters. The average Bonchev–Trinajstić information content (AvgIpc) is 2.53. The van der Waals surface area contributed by atoms with Crippen LogP contribution >= 0.6 is 0 Å². The number of hydrogen-bond acceptors (Lipinski definition) is 3. The van der Waals surface area contributed by atoms with Crippen LogP contribution in [0.2, 0.25) is 0 Å². The fourth-order valence-corrected chi connectivity index (χ4v) is 2.55. The number of nitrogens with zero attached hydrogens (tertiary/aromatic N) is 1. The molecule has 2 aromatic carbocycles. The highest BCUT2D eigenvalue weighted by atomic mass is 16.3. The molecule has 0 aromatic heterocycles. The molecule has 2 rings (SSSR count). The molecule has 0 radical (unpaired) electrons. The molecule has 3 nitrogen and oxygen atoms in total. The van der Waals surface area contributed by atoms with Crippen LogP contribution in [0, 0.1) is 6.92 Å². The van der Waals surface area contributed by atoms with Crippen LogP contribution in [0.25, 0.3) is 0 Å². The third kappa shape index (κ3) is 3.63. The molecular weight excluding hydrogens is 260 g/mol. The van der Waals surface area contributed by atoms with E-state index in [1.165, 1.54) is 5.56 Å². The quantitative estimate of drug-likeness (QED) is 0.857. The van der Waals surface area contributed by atoms with Crippen molar-refractivity contribution in [3.8, 4) is 0 Å². The van der Waals surface area contributed by atoms with E-state index in [-0.39, 0.29) is 6.61 Å². The maximum absolute atomic E-state index is 9.83. The molecule has 112 valence electrons. The minimum absolute atomic E-state index is 0.0840. The molecule has 0 aliphatic heterocycles. The van der Waals surface area contributed by atoms with E-state index in [4.69, 9.17) is 5.73 Å². The van der Waals surface area contributed by atoms with E-state index in [1.807, 2.05) is 36.4 Å². The zero-order chi connectivity index (χ0) is 15.3. The van der Waals surface area contributed by atoms with E-state index in [9.17, 15) is 5.11 Å². The van der Waals surface area contributed by atoms with Crippen LogP contribution in [-0.2, 0) is 5.54 Å². The van der Waals surface area contributed by atoms with Crippen molar-refractivity contribution in [3.63, 3.8) is 0 Å². The first kappa shape index (κ1) is 15.5. The van der Waals surface area contributed by atoms with Crippen LogP contribution in [0.5, 0.6) is 0 Å². The van der Waals surface area contributed by atoms with E-state index in [2.05, 4.69) is 36.9 Å². The number of aliphatic hydroxyl groups is 1. The standard InChI is InChI=1S/C18H24N2O/c1-3-20(17-11-7-8-15(2)12-17)13-18(19,14-21)16-9-5-4-6-10-16/h4-12,21H,3,13-14,19H2,1-2H3. The Morgan fingerprint density at radius 2 is 1.81 bits per heavy atom. The Bertz CT molecular complexity index is 570. The highest BCUT2D eigenvalue weighted by Crippen LogP contribution is 2.23. The summed E-state index contributed by atoms with van der Waals surface area (Å²) in [5, 5.41) is 9.83. The van der Waals surface area contributed by atoms with Crippen LogP contribution < -0.4 is 10.6 Å². The summed E-state index contributed by atoms with van der Waals surface area (Å²) < 4.78 is 0. The first-order chi connectivity index (χ1) is 10.1. The molecular formula is C18H24N2O. The van der Waals surface area contributed by atoms with Gasteiger partial charge in [-0.25, -0.2) is 0 Å². The molecule has 0 saturated heterocycles. The Labute approximate surface area is 127 Å². The van der Waals surface area contributed by atoms with Gasteiger partial charge in [0.25, 0.3) is 0 Å². The highest BCUT2D eigenvalue weighted by Gasteiger charge is 2.29. The first-order valence-corrected chi connectivity index (χ1v) is 7.36. The number of hydrogen-bond donors (Lipinski definition) is 2. The van der Waals surface area contributed by atoms with Gasteiger partial charge in [-0.2, -0.15) is 0 Å². The lowest BCUT2D eigenvalue weighted by Crippen LogP contribution is -2.50. The Balaban J connectivity index is 2.27. The number of benzene rings is 2. The average molecular weight is 284 g/mol. The molecule has 3 heteroatoms. The van der Waals surface area contributed by atoms with Crippen LogP contribution in [-0.4, -0.2) is 24.8 Å². The summed E-state index contributed by atoms with van der Waals surface area (Å²) >= 11 is 0. The monoisotopic (exact) mass is 284 g/mol. The van der Waals surface area contributed by atoms with Crippen molar-refractivity contribution in [1.29, 1.82) is 0 Å². The van der Waals surface area contributed by atoms with E-state index < -0.39 is 5.54 Å². The van der Waals surface area contributed by atoms with Crippen molar-refractivity contribution in [2.24, 2.45) is 5.73 Å². The van der Waals surface area contributed by atoms with Gasteiger partial charge in [-0.05, 0) is 37.1 Å². The first-order valence-electron chi connectivity index (χ1n) is 7.36. The van der Waals surface area contributed by atoms with Crippen LogP contribution in [0.1, 0.15) is 18.1 Å². The zero-order valence-corrected chi connectivity index (χ0v) is 12.8. The van der Waals surface area contributed by atoms with Crippen molar-refractivity contribution in [3.05, 3.63) is 65.7 Å². The third-order valence-electron chi connectivity index (χ3n) is 3.85. The fourth-order valence-electron chi connectivity index (χ4n) is 2.55. The minimum atomic E-state index is -0.763. The molecule has 0 aliphatic carbocycles. The summed E-state index contributed by atoms with van der Waals surface area (Å²) in [4.78, 5) is 2.20. The van der Waals surface area contributed by atoms with Crippen molar-refractivity contribution in [2.75, 3.05) is 24.6 Å². The molecule has 3 N–H and O–H groups in total. The minimum Gasteiger partial charge on any atom is -0.394 e. The van der Waals surface area contributed by atoms with Crippen LogP contribution in [0.4, 0.5) is 5.69 Å². The van der Waals surface area contributed by atoms with Crippen molar-refractivity contribution in [1.82, 2.24) is 0 Å². The van der Waals surface area contributed by atoms with Crippen molar-refractivity contribution in [2.45, 2.75) is 19.4 Å². The van der Waals surface area contributed by atoms with Gasteiger partial charge in [-0.15, -0.1) is 0 Å². The zero-order valence-electron chi connectivity index (χ0n) is 12.8. The lowest BCUT2D eigenvalue weighted by molar-refractivity contribution is 0.199. The Morgan fingerprint density at radius 1 is 1.10 bits per heavy atom. The van der Waals surface area contributed by atoms with Gasteiger partial charge in [0.15, 0.2) is 0 Å². The van der Waals surface area contributed by atoms with Gasteiger partial charge < -0.3 is 15.7 Å². The van der Waals surface area contributed by atoms with Gasteiger partial charge in [0, 0.05) is 18.8 Å². The predicted molar refractivity (Wildman–Crippen MR) is 88.5 cm³/mol. The van der Waals surface area contributed by atoms with E-state index in [1.54, 1.807) is 0 Å². The number of rotatable bonds is 6. The number of nitrogens with two attached hydrogens (primary N) is 1. The van der Waals surface area contributed by atoms with Gasteiger partial charge in [0.05, 0.1) is 12.1 Å². The normalized spacial score (nSPS) is 13.7. The maximum Gasteiger partial charge on any atom is 0.0821 e. The van der Waals surface area contributed by atoms with Crippen LogP contribution in [0.3, 0.4) is 0 Å². The van der Waals surface area contributed by atoms with Crippen molar-refractivity contribution >= 4 is 5.69 Å². The third-order valence-corrected chi connectivity index (χ3v) is 3.85.